The number of carbonyl (C=O) groups excluding carboxylic acids is 2. The van der Waals surface area contributed by atoms with E-state index in [1.54, 1.807) is 24.3 Å². The number of rotatable bonds is 6. The number of carbonyl (C=O) groups is 2. The zero-order valence-corrected chi connectivity index (χ0v) is 18.9. The van der Waals surface area contributed by atoms with Crippen molar-refractivity contribution in [2.45, 2.75) is 11.5 Å². The van der Waals surface area contributed by atoms with Crippen LogP contribution in [-0.2, 0) is 26.1 Å². The number of amides is 2. The van der Waals surface area contributed by atoms with Gasteiger partial charge in [0.2, 0.25) is 0 Å². The lowest BCUT2D eigenvalue weighted by molar-refractivity contribution is -0.110. The van der Waals surface area contributed by atoms with Crippen LogP contribution in [0.4, 0.5) is 5.69 Å². The van der Waals surface area contributed by atoms with Crippen molar-refractivity contribution in [1.29, 1.82) is 0 Å². The third kappa shape index (κ3) is 4.60. The molecule has 30 heavy (non-hydrogen) atoms. The van der Waals surface area contributed by atoms with Crippen LogP contribution >= 0.6 is 33.9 Å². The minimum Gasteiger partial charge on any atom is -0.468 e. The Morgan fingerprint density at radius 1 is 1.30 bits per heavy atom. The number of aromatic nitrogens is 1. The number of halogens is 1. The van der Waals surface area contributed by atoms with E-state index in [1.165, 1.54) is 11.6 Å². The van der Waals surface area contributed by atoms with Gasteiger partial charge in [0, 0.05) is 14.5 Å². The van der Waals surface area contributed by atoms with Crippen molar-refractivity contribution in [3.8, 4) is 0 Å². The molecule has 9 nitrogen and oxygen atoms in total. The summed E-state index contributed by atoms with van der Waals surface area (Å²) in [5.74, 6) is -1.28. The van der Waals surface area contributed by atoms with Gasteiger partial charge in [0.1, 0.15) is 28.0 Å². The summed E-state index contributed by atoms with van der Waals surface area (Å²) in [6.07, 6.45) is 1.40. The topological polar surface area (TPSA) is 131 Å². The lowest BCUT2D eigenvalue weighted by Crippen LogP contribution is -2.23. The molecule has 3 heterocycles. The first-order valence-corrected chi connectivity index (χ1v) is 12.3. The van der Waals surface area contributed by atoms with Crippen LogP contribution in [0.15, 0.2) is 51.5 Å². The highest BCUT2D eigenvalue weighted by atomic mass is 127. The Hall–Kier alpha value is -2.58. The summed E-state index contributed by atoms with van der Waals surface area (Å²) in [6, 6.07) is 8.58. The van der Waals surface area contributed by atoms with Gasteiger partial charge in [-0.3, -0.25) is 9.59 Å². The third-order valence-corrected chi connectivity index (χ3v) is 7.18. The maximum atomic E-state index is 12.4. The van der Waals surface area contributed by atoms with Crippen LogP contribution in [0.5, 0.6) is 0 Å². The van der Waals surface area contributed by atoms with Gasteiger partial charge >= 0.3 is 0 Å². The van der Waals surface area contributed by atoms with Crippen molar-refractivity contribution < 1.29 is 22.4 Å². The number of thiazole rings is 1. The fourth-order valence-corrected chi connectivity index (χ4v) is 5.73. The van der Waals surface area contributed by atoms with Gasteiger partial charge in [-0.1, -0.05) is 0 Å². The van der Waals surface area contributed by atoms with E-state index < -0.39 is 21.7 Å². The molecule has 0 saturated heterocycles. The van der Waals surface area contributed by atoms with Crippen LogP contribution in [0.2, 0.25) is 0 Å². The molecule has 154 valence electrons. The minimum atomic E-state index is -3.50. The van der Waals surface area contributed by atoms with Crippen molar-refractivity contribution in [3.05, 3.63) is 67.6 Å². The smallest absolute Gasteiger partial charge is 0.290 e. The van der Waals surface area contributed by atoms with Crippen LogP contribution in [0, 0.1) is 3.57 Å². The summed E-state index contributed by atoms with van der Waals surface area (Å²) in [7, 11) is -3.50. The quantitative estimate of drug-likeness (QED) is 0.355. The molecule has 2 amide bonds. The number of sulfone groups is 1. The molecule has 1 aliphatic rings. The fourth-order valence-electron chi connectivity index (χ4n) is 2.73. The number of nitrogens with zero attached hydrogens (tertiary/aromatic N) is 2. The minimum absolute atomic E-state index is 0.0221. The first-order valence-electron chi connectivity index (χ1n) is 8.47. The van der Waals surface area contributed by atoms with E-state index in [-0.39, 0.29) is 27.9 Å². The Morgan fingerprint density at radius 3 is 2.90 bits per heavy atom. The molecule has 1 aromatic carbocycles. The van der Waals surface area contributed by atoms with Crippen LogP contribution in [0.25, 0.3) is 0 Å². The number of hydrazone groups is 1. The average molecular weight is 556 g/mol. The molecule has 2 aromatic heterocycles. The molecule has 0 saturated carbocycles. The second-order valence-corrected chi connectivity index (χ2v) is 10.5. The van der Waals surface area contributed by atoms with Gasteiger partial charge in [0.05, 0.1) is 12.0 Å². The van der Waals surface area contributed by atoms with Crippen molar-refractivity contribution in [2.24, 2.45) is 5.10 Å². The van der Waals surface area contributed by atoms with Gasteiger partial charge in [-0.05, 0) is 52.9 Å². The Balaban J connectivity index is 1.44. The average Bonchev–Trinajstić information content (AvgIpc) is 3.40. The van der Waals surface area contributed by atoms with Gasteiger partial charge < -0.3 is 9.73 Å². The number of hydrogen-bond donors (Lipinski definition) is 2. The van der Waals surface area contributed by atoms with Crippen LogP contribution in [-0.4, -0.2) is 30.9 Å². The van der Waals surface area contributed by atoms with Crippen molar-refractivity contribution in [2.75, 3.05) is 5.32 Å². The highest BCUT2D eigenvalue weighted by Gasteiger charge is 2.27. The summed E-state index contributed by atoms with van der Waals surface area (Å²) in [4.78, 5) is 28.5. The molecule has 0 unspecified atom stereocenters. The molecule has 12 heteroatoms. The lowest BCUT2D eigenvalue weighted by Gasteiger charge is -2.00. The first kappa shape index (κ1) is 20.7. The van der Waals surface area contributed by atoms with E-state index >= 15 is 0 Å². The maximum absolute atomic E-state index is 12.4. The zero-order valence-electron chi connectivity index (χ0n) is 15.1. The van der Waals surface area contributed by atoms with Crippen LogP contribution in [0.3, 0.4) is 0 Å². The monoisotopic (exact) mass is 556 g/mol. The molecule has 4 rings (SSSR count). The number of fused-ring (bicyclic) bond motifs is 1. The van der Waals surface area contributed by atoms with E-state index in [9.17, 15) is 18.0 Å². The Bertz CT molecular complexity index is 1270. The molecular formula is C18H13IN4O5S2. The number of anilines is 1. The van der Waals surface area contributed by atoms with Gasteiger partial charge in [0.15, 0.2) is 15.5 Å². The van der Waals surface area contributed by atoms with E-state index in [0.717, 1.165) is 14.9 Å². The number of hydrogen-bond acceptors (Lipinski definition) is 8. The molecule has 0 fully saturated rings. The Labute approximate surface area is 188 Å². The summed E-state index contributed by atoms with van der Waals surface area (Å²) in [5.41, 5.74) is 3.63. The molecule has 0 spiro atoms. The van der Waals surface area contributed by atoms with Crippen molar-refractivity contribution in [1.82, 2.24) is 10.4 Å². The molecule has 0 aliphatic carbocycles. The molecular weight excluding hydrogens is 543 g/mol. The Morgan fingerprint density at radius 2 is 2.13 bits per heavy atom. The highest BCUT2D eigenvalue weighted by molar-refractivity contribution is 14.1. The van der Waals surface area contributed by atoms with Crippen molar-refractivity contribution in [3.63, 3.8) is 0 Å². The van der Waals surface area contributed by atoms with E-state index in [0.29, 0.717) is 17.0 Å². The maximum Gasteiger partial charge on any atom is 0.290 e. The van der Waals surface area contributed by atoms with E-state index in [1.807, 2.05) is 6.07 Å². The molecule has 0 bridgehead atoms. The number of benzene rings is 1. The summed E-state index contributed by atoms with van der Waals surface area (Å²) in [6.45, 7) is 0. The van der Waals surface area contributed by atoms with Crippen molar-refractivity contribution >= 4 is 67.0 Å². The molecule has 0 radical (unpaired) electrons. The zero-order chi connectivity index (χ0) is 21.3. The lowest BCUT2D eigenvalue weighted by atomic mass is 10.1. The van der Waals surface area contributed by atoms with Gasteiger partial charge in [-0.25, -0.2) is 18.8 Å². The predicted molar refractivity (Wildman–Crippen MR) is 119 cm³/mol. The Kier molecular flexibility index (Phi) is 5.71. The van der Waals surface area contributed by atoms with Gasteiger partial charge in [0.25, 0.3) is 11.8 Å². The molecule has 1 aliphatic heterocycles. The van der Waals surface area contributed by atoms with Crippen LogP contribution < -0.4 is 10.7 Å². The summed E-state index contributed by atoms with van der Waals surface area (Å²) < 4.78 is 30.5. The molecule has 0 atom stereocenters. The standard InChI is InChI=1S/C18H13IN4O5S2/c19-10-3-4-13-12(6-10)16(18(25)21-13)22-23-17(24)14-7-29-15(20-14)9-30(26,27)8-11-2-1-5-28-11/h1-7H,8-9H2,(H,23,24)(H,21,22,25). The molecule has 3 aromatic rings. The molecule has 2 N–H and O–H groups in total. The number of nitrogens with one attached hydrogen (secondary N) is 2. The van der Waals surface area contributed by atoms with Crippen LogP contribution in [0.1, 0.15) is 26.8 Å². The highest BCUT2D eigenvalue weighted by Crippen LogP contribution is 2.25. The normalized spacial score (nSPS) is 14.6. The fraction of sp³-hybridized carbons (Fsp3) is 0.111. The predicted octanol–water partition coefficient (Wildman–Crippen LogP) is 2.54. The largest absolute Gasteiger partial charge is 0.468 e. The SMILES string of the molecule is O=C1Nc2ccc(I)cc2/C1=N\NC(=O)c1csc(CS(=O)(=O)Cc2ccco2)n1. The summed E-state index contributed by atoms with van der Waals surface area (Å²) >= 11 is 3.17. The summed E-state index contributed by atoms with van der Waals surface area (Å²) in [5, 5.41) is 8.33. The van der Waals surface area contributed by atoms with E-state index in [2.05, 4.69) is 43.4 Å². The second-order valence-electron chi connectivity index (χ2n) is 6.28. The second kappa shape index (κ2) is 8.28. The van der Waals surface area contributed by atoms with Gasteiger partial charge in [-0.15, -0.1) is 11.3 Å². The first-order chi connectivity index (χ1) is 14.3. The number of furan rings is 1. The van der Waals surface area contributed by atoms with Gasteiger partial charge in [-0.2, -0.15) is 5.10 Å². The third-order valence-electron chi connectivity index (χ3n) is 4.04. The van der Waals surface area contributed by atoms with E-state index in [4.69, 9.17) is 4.42 Å².